The van der Waals surface area contributed by atoms with E-state index in [4.69, 9.17) is 9.47 Å². The number of nitrogens with zero attached hydrogens (tertiary/aromatic N) is 2. The number of pyridine rings is 1. The average molecular weight is 606 g/mol. The Kier molecular flexibility index (Phi) is 7.30. The van der Waals surface area contributed by atoms with Crippen molar-refractivity contribution in [2.45, 2.75) is 62.7 Å². The van der Waals surface area contributed by atoms with Gasteiger partial charge in [0.2, 0.25) is 14.3 Å². The summed E-state index contributed by atoms with van der Waals surface area (Å²) in [5.41, 5.74) is 1.07. The molecule has 9 nitrogen and oxygen atoms in total. The van der Waals surface area contributed by atoms with Crippen molar-refractivity contribution in [3.8, 4) is 11.4 Å². The first-order valence-corrected chi connectivity index (χ1v) is 17.5. The van der Waals surface area contributed by atoms with Crippen LogP contribution in [0.2, 0.25) is 18.6 Å². The fourth-order valence-corrected chi connectivity index (χ4v) is 9.86. The summed E-state index contributed by atoms with van der Waals surface area (Å²) in [5, 5.41) is 13.0. The molecule has 11 heteroatoms. The molecule has 226 valence electrons. The van der Waals surface area contributed by atoms with Crippen molar-refractivity contribution >= 4 is 25.9 Å². The van der Waals surface area contributed by atoms with Gasteiger partial charge in [0.15, 0.2) is 11.4 Å². The second kappa shape index (κ2) is 10.7. The molecule has 3 aliphatic heterocycles. The normalized spacial score (nSPS) is 26.3. The smallest absolute Gasteiger partial charge is 0.297 e. The molecule has 0 unspecified atom stereocenters. The van der Waals surface area contributed by atoms with E-state index in [1.165, 1.54) is 11.7 Å². The van der Waals surface area contributed by atoms with Crippen LogP contribution in [0.5, 0.6) is 5.75 Å². The third-order valence-electron chi connectivity index (χ3n) is 9.37. The molecule has 1 fully saturated rings. The van der Waals surface area contributed by atoms with Crippen molar-refractivity contribution in [2.24, 2.45) is 5.92 Å². The molecule has 2 N–H and O–H groups in total. The van der Waals surface area contributed by atoms with E-state index in [0.717, 1.165) is 11.1 Å². The van der Waals surface area contributed by atoms with Gasteiger partial charge in [-0.25, -0.2) is 0 Å². The SMILES string of the molecule is COc1cccn(-c2ccc3c(c2)[C@@]2(O[C@H](CC(=O)N4Cc5ccccc5C[C@H]4CO)[C@@H]([Si](C)(C)F)[C@@H]2C)C(=O)N3)c1=O. The van der Waals surface area contributed by atoms with Gasteiger partial charge in [0.1, 0.15) is 0 Å². The van der Waals surface area contributed by atoms with Gasteiger partial charge < -0.3 is 28.9 Å². The monoisotopic (exact) mass is 605 g/mol. The van der Waals surface area contributed by atoms with Crippen LogP contribution < -0.4 is 15.6 Å². The minimum Gasteiger partial charge on any atom is -0.491 e. The Balaban J connectivity index is 1.37. The van der Waals surface area contributed by atoms with Gasteiger partial charge in [-0.3, -0.25) is 19.0 Å². The Morgan fingerprint density at radius 3 is 2.60 bits per heavy atom. The summed E-state index contributed by atoms with van der Waals surface area (Å²) in [4.78, 5) is 42.3. The van der Waals surface area contributed by atoms with E-state index in [2.05, 4.69) is 5.32 Å². The number of aromatic nitrogens is 1. The average Bonchev–Trinajstić information content (AvgIpc) is 3.44. The molecule has 6 rings (SSSR count). The number of carbonyl (C=O) groups is 2. The lowest BCUT2D eigenvalue weighted by Gasteiger charge is -2.37. The van der Waals surface area contributed by atoms with Crippen molar-refractivity contribution in [2.75, 3.05) is 19.0 Å². The summed E-state index contributed by atoms with van der Waals surface area (Å²) in [7, 11) is -2.07. The Morgan fingerprint density at radius 1 is 1.16 bits per heavy atom. The Hall–Kier alpha value is -3.80. The first-order valence-electron chi connectivity index (χ1n) is 14.6. The zero-order valence-electron chi connectivity index (χ0n) is 24.7. The highest BCUT2D eigenvalue weighted by Crippen LogP contribution is 2.59. The number of benzene rings is 2. The number of anilines is 1. The summed E-state index contributed by atoms with van der Waals surface area (Å²) < 4.78 is 29.4. The zero-order chi connectivity index (χ0) is 30.7. The van der Waals surface area contributed by atoms with Crippen LogP contribution in [0.1, 0.15) is 30.0 Å². The van der Waals surface area contributed by atoms with E-state index in [0.29, 0.717) is 29.9 Å². The first-order chi connectivity index (χ1) is 20.5. The van der Waals surface area contributed by atoms with Crippen molar-refractivity contribution in [3.63, 3.8) is 0 Å². The number of nitrogens with one attached hydrogen (secondary N) is 1. The van der Waals surface area contributed by atoms with Crippen LogP contribution in [0.3, 0.4) is 0 Å². The van der Waals surface area contributed by atoms with Crippen LogP contribution in [0.4, 0.5) is 9.80 Å². The van der Waals surface area contributed by atoms with Crippen LogP contribution >= 0.6 is 0 Å². The highest BCUT2D eigenvalue weighted by molar-refractivity contribution is 6.72. The van der Waals surface area contributed by atoms with Crippen LogP contribution in [0.15, 0.2) is 65.6 Å². The molecule has 0 bridgehead atoms. The summed E-state index contributed by atoms with van der Waals surface area (Å²) in [6, 6.07) is 15.8. The molecule has 1 aromatic heterocycles. The Bertz CT molecular complexity index is 1650. The Morgan fingerprint density at radius 2 is 1.91 bits per heavy atom. The van der Waals surface area contributed by atoms with E-state index < -0.39 is 43.5 Å². The highest BCUT2D eigenvalue weighted by atomic mass is 28.4. The maximum atomic E-state index is 16.2. The molecular weight excluding hydrogens is 569 g/mol. The van der Waals surface area contributed by atoms with Crippen LogP contribution in [0.25, 0.3) is 5.69 Å². The number of methoxy groups -OCH3 is 1. The van der Waals surface area contributed by atoms with Crippen LogP contribution in [0, 0.1) is 5.92 Å². The number of halogens is 1. The molecule has 3 aliphatic rings. The predicted octanol–water partition coefficient (Wildman–Crippen LogP) is 3.91. The molecule has 1 saturated heterocycles. The number of aliphatic hydroxyl groups excluding tert-OH is 1. The van der Waals surface area contributed by atoms with E-state index in [9.17, 15) is 19.5 Å². The predicted molar refractivity (Wildman–Crippen MR) is 161 cm³/mol. The third-order valence-corrected chi connectivity index (χ3v) is 11.8. The summed E-state index contributed by atoms with van der Waals surface area (Å²) in [5.74, 6) is -1.08. The summed E-state index contributed by atoms with van der Waals surface area (Å²) in [6.07, 6.45) is 1.16. The molecule has 2 aromatic carbocycles. The Labute approximate surface area is 250 Å². The summed E-state index contributed by atoms with van der Waals surface area (Å²) in [6.45, 7) is 5.14. The largest absolute Gasteiger partial charge is 0.491 e. The van der Waals surface area contributed by atoms with Gasteiger partial charge in [0.25, 0.3) is 11.5 Å². The first kappa shape index (κ1) is 29.3. The van der Waals surface area contributed by atoms with Crippen molar-refractivity contribution in [1.29, 1.82) is 0 Å². The van der Waals surface area contributed by atoms with Crippen molar-refractivity contribution in [1.82, 2.24) is 9.47 Å². The highest BCUT2D eigenvalue weighted by Gasteiger charge is 2.65. The van der Waals surface area contributed by atoms with Gasteiger partial charge in [0, 0.05) is 41.1 Å². The second-order valence-corrected chi connectivity index (χ2v) is 16.0. The zero-order valence-corrected chi connectivity index (χ0v) is 25.7. The lowest BCUT2D eigenvalue weighted by Crippen LogP contribution is -2.48. The maximum absolute atomic E-state index is 16.2. The lowest BCUT2D eigenvalue weighted by atomic mass is 9.82. The molecule has 5 atom stereocenters. The quantitative estimate of drug-likeness (QED) is 0.326. The van der Waals surface area contributed by atoms with E-state index in [-0.39, 0.29) is 30.2 Å². The molecule has 43 heavy (non-hydrogen) atoms. The fraction of sp³-hybridized carbons (Fsp3) is 0.406. The van der Waals surface area contributed by atoms with Gasteiger partial charge in [0.05, 0.1) is 32.3 Å². The van der Waals surface area contributed by atoms with Crippen LogP contribution in [-0.2, 0) is 32.9 Å². The van der Waals surface area contributed by atoms with Crippen molar-refractivity contribution in [3.05, 3.63) is 87.8 Å². The van der Waals surface area contributed by atoms with Gasteiger partial charge in [-0.1, -0.05) is 31.2 Å². The number of carbonyl (C=O) groups excluding carboxylic acids is 2. The number of amides is 2. The molecule has 0 saturated carbocycles. The number of aliphatic hydroxyl groups is 1. The molecule has 3 aromatic rings. The molecular formula is C32H36FN3O6Si. The number of rotatable bonds is 6. The van der Waals surface area contributed by atoms with Crippen LogP contribution in [-0.4, -0.2) is 60.7 Å². The van der Waals surface area contributed by atoms with E-state index in [1.807, 2.05) is 31.2 Å². The second-order valence-electron chi connectivity index (χ2n) is 12.2. The molecule has 4 heterocycles. The summed E-state index contributed by atoms with van der Waals surface area (Å²) >= 11 is 0. The standard InChI is InChI=1S/C32H36FN3O6Si/c1-19-29(43(3,4)33)27(16-28(38)36-17-21-9-6-5-8-20(21)14-23(36)18-37)42-32(19)24-15-22(11-12-25(24)34-31(32)40)35-13-7-10-26(41-2)30(35)39/h5-13,15,19,23,27,29,37H,14,16-18H2,1-4H3,(H,34,40)/t19-,23-,27+,29-,32+/m0/s1. The number of hydrogen-bond acceptors (Lipinski definition) is 6. The topological polar surface area (TPSA) is 110 Å². The molecule has 2 amide bonds. The third kappa shape index (κ3) is 4.70. The molecule has 0 aliphatic carbocycles. The van der Waals surface area contributed by atoms with Gasteiger partial charge in [-0.2, -0.15) is 0 Å². The fourth-order valence-electron chi connectivity index (χ4n) is 7.37. The molecule has 1 spiro atoms. The van der Waals surface area contributed by atoms with Gasteiger partial charge >= 0.3 is 0 Å². The lowest BCUT2D eigenvalue weighted by molar-refractivity contribution is -0.149. The van der Waals surface area contributed by atoms with E-state index in [1.54, 1.807) is 54.5 Å². The maximum Gasteiger partial charge on any atom is 0.297 e. The van der Waals surface area contributed by atoms with Gasteiger partial charge in [-0.05, 0) is 61.0 Å². The molecule has 0 radical (unpaired) electrons. The number of fused-ring (bicyclic) bond motifs is 3. The number of ether oxygens (including phenoxy) is 2. The van der Waals surface area contributed by atoms with Gasteiger partial charge in [-0.15, -0.1) is 0 Å². The minimum atomic E-state index is -3.49. The van der Waals surface area contributed by atoms with Crippen molar-refractivity contribution < 1.29 is 28.3 Å². The van der Waals surface area contributed by atoms with E-state index >= 15 is 4.11 Å². The number of hydrogen-bond donors (Lipinski definition) is 2. The minimum absolute atomic E-state index is 0.118.